The summed E-state index contributed by atoms with van der Waals surface area (Å²) in [5.74, 6) is 0.827. The Labute approximate surface area is 130 Å². The largest absolute Gasteiger partial charge is 0.493 e. The minimum atomic E-state index is -0.605. The first-order chi connectivity index (χ1) is 9.99. The van der Waals surface area contributed by atoms with Gasteiger partial charge in [0.25, 0.3) is 5.91 Å². The van der Waals surface area contributed by atoms with Crippen molar-refractivity contribution in [1.29, 1.82) is 0 Å². The van der Waals surface area contributed by atoms with Gasteiger partial charge < -0.3 is 20.5 Å². The van der Waals surface area contributed by atoms with Gasteiger partial charge in [-0.15, -0.1) is 0 Å². The van der Waals surface area contributed by atoms with Gasteiger partial charge in [0, 0.05) is 12.1 Å². The van der Waals surface area contributed by atoms with Gasteiger partial charge in [0.05, 0.1) is 7.11 Å². The van der Waals surface area contributed by atoms with Crippen molar-refractivity contribution in [3.05, 3.63) is 23.8 Å². The number of benzene rings is 1. The van der Waals surface area contributed by atoms with Crippen LogP contribution in [0.2, 0.25) is 0 Å². The molecule has 0 aromatic heterocycles. The molecule has 0 aliphatic rings. The highest BCUT2D eigenvalue weighted by molar-refractivity contribution is 7.80. The number of carbonyl (C=O) groups excluding carboxylic acids is 1. The SMILES string of the molecule is CCCCNC(=O)C(C)Oc1ccc(C(N)=S)cc1OC. The highest BCUT2D eigenvalue weighted by Gasteiger charge is 2.16. The van der Waals surface area contributed by atoms with Gasteiger partial charge in [-0.3, -0.25) is 4.79 Å². The van der Waals surface area contributed by atoms with E-state index in [1.807, 2.05) is 0 Å². The molecule has 0 saturated heterocycles. The minimum absolute atomic E-state index is 0.149. The van der Waals surface area contributed by atoms with Crippen LogP contribution in [0, 0.1) is 0 Å². The van der Waals surface area contributed by atoms with Crippen molar-refractivity contribution in [2.45, 2.75) is 32.8 Å². The summed E-state index contributed by atoms with van der Waals surface area (Å²) in [5, 5.41) is 2.83. The number of carbonyl (C=O) groups is 1. The molecule has 0 aliphatic carbocycles. The monoisotopic (exact) mass is 310 g/mol. The van der Waals surface area contributed by atoms with Crippen LogP contribution in [0.15, 0.2) is 18.2 Å². The van der Waals surface area contributed by atoms with E-state index < -0.39 is 6.10 Å². The molecule has 21 heavy (non-hydrogen) atoms. The van der Waals surface area contributed by atoms with Gasteiger partial charge in [-0.05, 0) is 31.5 Å². The van der Waals surface area contributed by atoms with Crippen molar-refractivity contribution in [1.82, 2.24) is 5.32 Å². The van der Waals surface area contributed by atoms with E-state index in [1.54, 1.807) is 25.1 Å². The van der Waals surface area contributed by atoms with Crippen molar-refractivity contribution >= 4 is 23.1 Å². The molecule has 1 rings (SSSR count). The molecule has 0 bridgehead atoms. The standard InChI is InChI=1S/C15H22N2O3S/c1-4-5-8-17-15(18)10(2)20-12-7-6-11(14(16)21)9-13(12)19-3/h6-7,9-10H,4-5,8H2,1-3H3,(H2,16,21)(H,17,18). The topological polar surface area (TPSA) is 73.6 Å². The van der Waals surface area contributed by atoms with Gasteiger partial charge in [-0.25, -0.2) is 0 Å². The van der Waals surface area contributed by atoms with E-state index >= 15 is 0 Å². The molecular formula is C15H22N2O3S. The third-order valence-corrected chi connectivity index (χ3v) is 3.19. The van der Waals surface area contributed by atoms with Crippen molar-refractivity contribution < 1.29 is 14.3 Å². The van der Waals surface area contributed by atoms with Gasteiger partial charge in [-0.2, -0.15) is 0 Å². The number of hydrogen-bond acceptors (Lipinski definition) is 4. The highest BCUT2D eigenvalue weighted by atomic mass is 32.1. The number of nitrogens with two attached hydrogens (primary N) is 1. The maximum Gasteiger partial charge on any atom is 0.260 e. The zero-order valence-corrected chi connectivity index (χ0v) is 13.5. The summed E-state index contributed by atoms with van der Waals surface area (Å²) in [6, 6.07) is 5.13. The number of unbranched alkanes of at least 4 members (excludes halogenated alkanes) is 1. The molecule has 1 aromatic rings. The second kappa shape index (κ2) is 8.46. The summed E-state index contributed by atoms with van der Waals surface area (Å²) in [6.45, 7) is 4.42. The molecule has 0 aliphatic heterocycles. The molecule has 1 amide bonds. The highest BCUT2D eigenvalue weighted by Crippen LogP contribution is 2.29. The van der Waals surface area contributed by atoms with E-state index in [9.17, 15) is 4.79 Å². The lowest BCUT2D eigenvalue weighted by Crippen LogP contribution is -2.36. The van der Waals surface area contributed by atoms with Crippen LogP contribution in [0.1, 0.15) is 32.3 Å². The van der Waals surface area contributed by atoms with Crippen LogP contribution in [0.5, 0.6) is 11.5 Å². The number of amides is 1. The fourth-order valence-electron chi connectivity index (χ4n) is 1.69. The minimum Gasteiger partial charge on any atom is -0.493 e. The number of hydrogen-bond donors (Lipinski definition) is 2. The number of nitrogens with one attached hydrogen (secondary N) is 1. The van der Waals surface area contributed by atoms with Gasteiger partial charge in [0.15, 0.2) is 17.6 Å². The number of thiocarbonyl (C=S) groups is 1. The molecule has 0 spiro atoms. The smallest absolute Gasteiger partial charge is 0.260 e. The lowest BCUT2D eigenvalue weighted by atomic mass is 10.2. The van der Waals surface area contributed by atoms with Crippen LogP contribution in [0.3, 0.4) is 0 Å². The molecule has 1 aromatic carbocycles. The third-order valence-electron chi connectivity index (χ3n) is 2.95. The summed E-state index contributed by atoms with van der Waals surface area (Å²) in [4.78, 5) is 12.2. The molecule has 1 atom stereocenters. The number of methoxy groups -OCH3 is 1. The first-order valence-electron chi connectivity index (χ1n) is 6.91. The van der Waals surface area contributed by atoms with Crippen LogP contribution in [-0.4, -0.2) is 30.7 Å². The molecule has 116 valence electrons. The molecule has 0 saturated carbocycles. The maximum absolute atomic E-state index is 11.9. The van der Waals surface area contributed by atoms with E-state index in [-0.39, 0.29) is 10.9 Å². The van der Waals surface area contributed by atoms with Gasteiger partial charge in [-0.1, -0.05) is 25.6 Å². The van der Waals surface area contributed by atoms with E-state index in [2.05, 4.69) is 12.2 Å². The van der Waals surface area contributed by atoms with Crippen LogP contribution in [0.4, 0.5) is 0 Å². The average molecular weight is 310 g/mol. The molecule has 0 heterocycles. The lowest BCUT2D eigenvalue weighted by Gasteiger charge is -2.17. The first-order valence-corrected chi connectivity index (χ1v) is 7.32. The van der Waals surface area contributed by atoms with Crippen LogP contribution in [0.25, 0.3) is 0 Å². The van der Waals surface area contributed by atoms with E-state index in [0.717, 1.165) is 12.8 Å². The Kier molecular flexibility index (Phi) is 6.94. The van der Waals surface area contributed by atoms with Gasteiger partial charge in [0.2, 0.25) is 0 Å². The fraction of sp³-hybridized carbons (Fsp3) is 0.467. The Morgan fingerprint density at radius 1 is 1.43 bits per heavy atom. The summed E-state index contributed by atoms with van der Waals surface area (Å²) in [7, 11) is 1.53. The second-order valence-electron chi connectivity index (χ2n) is 4.63. The first kappa shape index (κ1) is 17.2. The Hall–Kier alpha value is -1.82. The van der Waals surface area contributed by atoms with Gasteiger partial charge in [0.1, 0.15) is 4.99 Å². The molecule has 3 N–H and O–H groups in total. The number of rotatable bonds is 8. The van der Waals surface area contributed by atoms with E-state index in [0.29, 0.717) is 23.6 Å². The molecule has 6 heteroatoms. The Balaban J connectivity index is 2.73. The van der Waals surface area contributed by atoms with E-state index in [1.165, 1.54) is 7.11 Å². The Morgan fingerprint density at radius 3 is 2.71 bits per heavy atom. The zero-order valence-electron chi connectivity index (χ0n) is 12.6. The summed E-state index contributed by atoms with van der Waals surface area (Å²) >= 11 is 4.92. The second-order valence-corrected chi connectivity index (χ2v) is 5.07. The molecule has 1 unspecified atom stereocenters. The third kappa shape index (κ3) is 5.23. The quantitative estimate of drug-likeness (QED) is 0.567. The summed E-state index contributed by atoms with van der Waals surface area (Å²) in [5.41, 5.74) is 6.26. The van der Waals surface area contributed by atoms with Crippen LogP contribution >= 0.6 is 12.2 Å². The lowest BCUT2D eigenvalue weighted by molar-refractivity contribution is -0.127. The van der Waals surface area contributed by atoms with Crippen LogP contribution in [-0.2, 0) is 4.79 Å². The fourth-order valence-corrected chi connectivity index (χ4v) is 1.82. The molecular weight excluding hydrogens is 288 g/mol. The van der Waals surface area contributed by atoms with Crippen LogP contribution < -0.4 is 20.5 Å². The van der Waals surface area contributed by atoms with Crippen molar-refractivity contribution in [3.8, 4) is 11.5 Å². The zero-order chi connectivity index (χ0) is 15.8. The Morgan fingerprint density at radius 2 is 2.14 bits per heavy atom. The van der Waals surface area contributed by atoms with E-state index in [4.69, 9.17) is 27.4 Å². The molecule has 0 radical (unpaired) electrons. The predicted molar refractivity (Wildman–Crippen MR) is 86.9 cm³/mol. The average Bonchev–Trinajstić information content (AvgIpc) is 2.47. The van der Waals surface area contributed by atoms with Crippen molar-refractivity contribution in [2.24, 2.45) is 5.73 Å². The number of ether oxygens (including phenoxy) is 2. The Bertz CT molecular complexity index is 506. The van der Waals surface area contributed by atoms with Crippen molar-refractivity contribution in [2.75, 3.05) is 13.7 Å². The van der Waals surface area contributed by atoms with Gasteiger partial charge >= 0.3 is 0 Å². The predicted octanol–water partition coefficient (Wildman–Crippen LogP) is 2.01. The summed E-state index contributed by atoms with van der Waals surface area (Å²) < 4.78 is 10.9. The normalized spacial score (nSPS) is 11.6. The summed E-state index contributed by atoms with van der Waals surface area (Å²) in [6.07, 6.45) is 1.38. The molecule has 5 nitrogen and oxygen atoms in total. The maximum atomic E-state index is 11.9. The van der Waals surface area contributed by atoms with Crippen molar-refractivity contribution in [3.63, 3.8) is 0 Å². The molecule has 0 fully saturated rings.